The zero-order valence-electron chi connectivity index (χ0n) is 11.4. The molecule has 0 radical (unpaired) electrons. The van der Waals surface area contributed by atoms with Gasteiger partial charge in [0.2, 0.25) is 0 Å². The van der Waals surface area contributed by atoms with E-state index >= 15 is 0 Å². The third-order valence-corrected chi connectivity index (χ3v) is 4.06. The largest absolute Gasteiger partial charge is 0.330 e. The third-order valence-electron chi connectivity index (χ3n) is 4.06. The Labute approximate surface area is 102 Å². The van der Waals surface area contributed by atoms with Gasteiger partial charge < -0.3 is 10.6 Å². The van der Waals surface area contributed by atoms with Gasteiger partial charge in [0.25, 0.3) is 0 Å². The Morgan fingerprint density at radius 3 is 2.62 bits per heavy atom. The number of rotatable bonds is 6. The second-order valence-corrected chi connectivity index (χ2v) is 5.79. The van der Waals surface area contributed by atoms with E-state index in [2.05, 4.69) is 25.7 Å². The lowest BCUT2D eigenvalue weighted by atomic mass is 9.84. The van der Waals surface area contributed by atoms with Crippen molar-refractivity contribution in [3.05, 3.63) is 0 Å². The monoisotopic (exact) mass is 226 g/mol. The molecule has 16 heavy (non-hydrogen) atoms. The van der Waals surface area contributed by atoms with E-state index < -0.39 is 0 Å². The molecule has 0 aliphatic carbocycles. The number of nitrogens with zero attached hydrogens (tertiary/aromatic N) is 1. The predicted octanol–water partition coefficient (Wildman–Crippen LogP) is 2.73. The van der Waals surface area contributed by atoms with Crippen LogP contribution in [0.1, 0.15) is 46.5 Å². The maximum atomic E-state index is 5.84. The molecule has 2 N–H and O–H groups in total. The molecule has 1 aliphatic heterocycles. The molecule has 1 saturated heterocycles. The van der Waals surface area contributed by atoms with Crippen LogP contribution in [0.3, 0.4) is 0 Å². The van der Waals surface area contributed by atoms with Crippen LogP contribution in [0.5, 0.6) is 0 Å². The first-order valence-corrected chi connectivity index (χ1v) is 7.09. The van der Waals surface area contributed by atoms with Gasteiger partial charge in [0.1, 0.15) is 0 Å². The molecular formula is C14H30N2. The van der Waals surface area contributed by atoms with Crippen LogP contribution >= 0.6 is 0 Å². The van der Waals surface area contributed by atoms with E-state index in [1.165, 1.54) is 45.3 Å². The topological polar surface area (TPSA) is 29.3 Å². The van der Waals surface area contributed by atoms with E-state index in [0.717, 1.165) is 24.3 Å². The van der Waals surface area contributed by atoms with Crippen LogP contribution in [0, 0.1) is 17.8 Å². The molecule has 1 aliphatic rings. The third kappa shape index (κ3) is 4.42. The van der Waals surface area contributed by atoms with Gasteiger partial charge in [0.05, 0.1) is 0 Å². The molecule has 0 saturated carbocycles. The van der Waals surface area contributed by atoms with E-state index in [4.69, 9.17) is 5.73 Å². The van der Waals surface area contributed by atoms with Crippen molar-refractivity contribution in [2.45, 2.75) is 46.5 Å². The molecule has 0 amide bonds. The molecule has 2 unspecified atom stereocenters. The lowest BCUT2D eigenvalue weighted by molar-refractivity contribution is 0.117. The van der Waals surface area contributed by atoms with E-state index in [1.54, 1.807) is 0 Å². The molecule has 0 aromatic rings. The number of hydrogen-bond acceptors (Lipinski definition) is 2. The van der Waals surface area contributed by atoms with Gasteiger partial charge in [-0.05, 0) is 56.7 Å². The lowest BCUT2D eigenvalue weighted by Crippen LogP contribution is -2.43. The van der Waals surface area contributed by atoms with Gasteiger partial charge in [-0.2, -0.15) is 0 Å². The summed E-state index contributed by atoms with van der Waals surface area (Å²) in [5, 5.41) is 0. The number of likely N-dealkylation sites (tertiary alicyclic amines) is 1. The van der Waals surface area contributed by atoms with Crippen molar-refractivity contribution in [2.24, 2.45) is 23.5 Å². The standard InChI is InChI=1S/C14H30N2/c1-4-13-11-16(8-5-6-12(2)3)9-7-14(13)10-15/h12-14H,4-11,15H2,1-3H3. The van der Waals surface area contributed by atoms with Gasteiger partial charge in [0, 0.05) is 6.54 Å². The van der Waals surface area contributed by atoms with Gasteiger partial charge >= 0.3 is 0 Å². The van der Waals surface area contributed by atoms with Crippen molar-refractivity contribution in [1.82, 2.24) is 4.90 Å². The molecule has 2 atom stereocenters. The zero-order valence-corrected chi connectivity index (χ0v) is 11.4. The van der Waals surface area contributed by atoms with Gasteiger partial charge in [0.15, 0.2) is 0 Å². The summed E-state index contributed by atoms with van der Waals surface area (Å²) in [5.41, 5.74) is 5.84. The van der Waals surface area contributed by atoms with Crippen LogP contribution in [-0.4, -0.2) is 31.1 Å². The van der Waals surface area contributed by atoms with Gasteiger partial charge in [-0.3, -0.25) is 0 Å². The summed E-state index contributed by atoms with van der Waals surface area (Å²) < 4.78 is 0. The van der Waals surface area contributed by atoms with Crippen molar-refractivity contribution in [3.8, 4) is 0 Å². The van der Waals surface area contributed by atoms with Crippen molar-refractivity contribution in [2.75, 3.05) is 26.2 Å². The highest BCUT2D eigenvalue weighted by Crippen LogP contribution is 2.25. The van der Waals surface area contributed by atoms with E-state index in [1.807, 2.05) is 0 Å². The number of piperidine rings is 1. The molecule has 2 heteroatoms. The Balaban J connectivity index is 2.25. The molecule has 2 nitrogen and oxygen atoms in total. The molecule has 0 spiro atoms. The molecule has 0 aromatic carbocycles. The summed E-state index contributed by atoms with van der Waals surface area (Å²) in [4.78, 5) is 2.66. The number of nitrogens with two attached hydrogens (primary N) is 1. The number of hydrogen-bond donors (Lipinski definition) is 1. The molecule has 0 bridgehead atoms. The minimum atomic E-state index is 0.784. The van der Waals surface area contributed by atoms with Crippen LogP contribution in [0.15, 0.2) is 0 Å². The van der Waals surface area contributed by atoms with Gasteiger partial charge in [-0.15, -0.1) is 0 Å². The fourth-order valence-electron chi connectivity index (χ4n) is 2.86. The Morgan fingerprint density at radius 2 is 2.06 bits per heavy atom. The zero-order chi connectivity index (χ0) is 12.0. The molecular weight excluding hydrogens is 196 g/mol. The van der Waals surface area contributed by atoms with Crippen LogP contribution < -0.4 is 5.73 Å². The maximum Gasteiger partial charge on any atom is 0.00127 e. The van der Waals surface area contributed by atoms with Crippen LogP contribution in [-0.2, 0) is 0 Å². The first kappa shape index (κ1) is 14.0. The van der Waals surface area contributed by atoms with Crippen molar-refractivity contribution >= 4 is 0 Å². The summed E-state index contributed by atoms with van der Waals surface area (Å²) in [6, 6.07) is 0. The molecule has 1 heterocycles. The Bertz CT molecular complexity index is 180. The molecule has 0 aromatic heterocycles. The van der Waals surface area contributed by atoms with Gasteiger partial charge in [-0.25, -0.2) is 0 Å². The second kappa shape index (κ2) is 7.29. The average Bonchev–Trinajstić information content (AvgIpc) is 2.28. The van der Waals surface area contributed by atoms with Crippen LogP contribution in [0.25, 0.3) is 0 Å². The first-order chi connectivity index (χ1) is 7.67. The van der Waals surface area contributed by atoms with E-state index in [0.29, 0.717) is 0 Å². The Morgan fingerprint density at radius 1 is 1.31 bits per heavy atom. The van der Waals surface area contributed by atoms with Crippen molar-refractivity contribution in [3.63, 3.8) is 0 Å². The normalized spacial score (nSPS) is 27.6. The fourth-order valence-corrected chi connectivity index (χ4v) is 2.86. The predicted molar refractivity (Wildman–Crippen MR) is 71.5 cm³/mol. The Hall–Kier alpha value is -0.0800. The quantitative estimate of drug-likeness (QED) is 0.754. The fraction of sp³-hybridized carbons (Fsp3) is 1.00. The summed E-state index contributed by atoms with van der Waals surface area (Å²) in [6.45, 7) is 11.7. The minimum absolute atomic E-state index is 0.784. The maximum absolute atomic E-state index is 5.84. The van der Waals surface area contributed by atoms with E-state index in [-0.39, 0.29) is 0 Å². The van der Waals surface area contributed by atoms with Crippen molar-refractivity contribution < 1.29 is 0 Å². The van der Waals surface area contributed by atoms with Crippen molar-refractivity contribution in [1.29, 1.82) is 0 Å². The highest BCUT2D eigenvalue weighted by Gasteiger charge is 2.26. The Kier molecular flexibility index (Phi) is 6.37. The lowest BCUT2D eigenvalue weighted by Gasteiger charge is -2.38. The smallest absolute Gasteiger partial charge is 0.00127 e. The van der Waals surface area contributed by atoms with Crippen LogP contribution in [0.4, 0.5) is 0 Å². The summed E-state index contributed by atoms with van der Waals surface area (Å²) in [7, 11) is 0. The second-order valence-electron chi connectivity index (χ2n) is 5.79. The summed E-state index contributed by atoms with van der Waals surface area (Å²) in [6.07, 6.45) is 5.34. The highest BCUT2D eigenvalue weighted by atomic mass is 15.1. The molecule has 1 fully saturated rings. The minimum Gasteiger partial charge on any atom is -0.330 e. The SMILES string of the molecule is CCC1CN(CCCC(C)C)CCC1CN. The summed E-state index contributed by atoms with van der Waals surface area (Å²) >= 11 is 0. The van der Waals surface area contributed by atoms with Gasteiger partial charge in [-0.1, -0.05) is 27.2 Å². The summed E-state index contributed by atoms with van der Waals surface area (Å²) in [5.74, 6) is 2.48. The molecule has 1 rings (SSSR count). The molecule has 96 valence electrons. The first-order valence-electron chi connectivity index (χ1n) is 7.09. The van der Waals surface area contributed by atoms with Crippen LogP contribution in [0.2, 0.25) is 0 Å². The average molecular weight is 226 g/mol. The van der Waals surface area contributed by atoms with E-state index in [9.17, 15) is 0 Å². The highest BCUT2D eigenvalue weighted by molar-refractivity contribution is 4.80.